The van der Waals surface area contributed by atoms with Crippen LogP contribution in [0.25, 0.3) is 32.9 Å². The third kappa shape index (κ3) is 2.46. The number of fused-ring (bicyclic) bond motifs is 3. The number of hydrogen-bond donors (Lipinski definition) is 0. The molecule has 0 bridgehead atoms. The molecule has 1 heterocycles. The molecule has 3 aromatic carbocycles. The zero-order valence-electron chi connectivity index (χ0n) is 13.1. The van der Waals surface area contributed by atoms with Gasteiger partial charge in [0.15, 0.2) is 0 Å². The van der Waals surface area contributed by atoms with E-state index in [2.05, 4.69) is 32.0 Å². The summed E-state index contributed by atoms with van der Waals surface area (Å²) in [6, 6.07) is 19.4. The van der Waals surface area contributed by atoms with E-state index in [4.69, 9.17) is 4.98 Å². The first kappa shape index (κ1) is 13.9. The van der Waals surface area contributed by atoms with Crippen LogP contribution in [0.2, 0.25) is 0 Å². The molecule has 23 heavy (non-hydrogen) atoms. The van der Waals surface area contributed by atoms with Crippen LogP contribution < -0.4 is 0 Å². The monoisotopic (exact) mass is 301 g/mol. The molecule has 0 saturated heterocycles. The SMILES string of the molecule is Cc1cc(C)cc(-c2ccc3c(ccc4ccc(F)cc43)n2)c1. The summed E-state index contributed by atoms with van der Waals surface area (Å²) in [5.74, 6) is -0.219. The Morgan fingerprint density at radius 1 is 0.739 bits per heavy atom. The predicted octanol–water partition coefficient (Wildman–Crippen LogP) is 5.81. The summed E-state index contributed by atoms with van der Waals surface area (Å²) in [5, 5.41) is 2.91. The van der Waals surface area contributed by atoms with Gasteiger partial charge in [-0.3, -0.25) is 0 Å². The fourth-order valence-electron chi connectivity index (χ4n) is 3.19. The molecule has 112 valence electrons. The number of aryl methyl sites for hydroxylation is 2. The van der Waals surface area contributed by atoms with E-state index in [0.29, 0.717) is 0 Å². The van der Waals surface area contributed by atoms with Crippen LogP contribution in [-0.2, 0) is 0 Å². The topological polar surface area (TPSA) is 12.9 Å². The van der Waals surface area contributed by atoms with Crippen molar-refractivity contribution >= 4 is 21.7 Å². The van der Waals surface area contributed by atoms with Gasteiger partial charge in [0.05, 0.1) is 11.2 Å². The molecular formula is C21H16FN. The van der Waals surface area contributed by atoms with Gasteiger partial charge < -0.3 is 0 Å². The highest BCUT2D eigenvalue weighted by atomic mass is 19.1. The lowest BCUT2D eigenvalue weighted by Gasteiger charge is -2.08. The van der Waals surface area contributed by atoms with Gasteiger partial charge in [0.2, 0.25) is 0 Å². The molecule has 0 N–H and O–H groups in total. The minimum Gasteiger partial charge on any atom is -0.248 e. The van der Waals surface area contributed by atoms with Gasteiger partial charge in [0, 0.05) is 10.9 Å². The van der Waals surface area contributed by atoms with Crippen molar-refractivity contribution in [3.05, 3.63) is 77.6 Å². The highest BCUT2D eigenvalue weighted by molar-refractivity contribution is 6.06. The maximum atomic E-state index is 13.6. The number of aromatic nitrogens is 1. The molecule has 0 saturated carbocycles. The highest BCUT2D eigenvalue weighted by Gasteiger charge is 2.06. The molecule has 0 amide bonds. The van der Waals surface area contributed by atoms with Crippen LogP contribution in [-0.4, -0.2) is 4.98 Å². The summed E-state index contributed by atoms with van der Waals surface area (Å²) < 4.78 is 13.6. The lowest BCUT2D eigenvalue weighted by molar-refractivity contribution is 0.630. The van der Waals surface area contributed by atoms with Crippen molar-refractivity contribution in [3.63, 3.8) is 0 Å². The van der Waals surface area contributed by atoms with Gasteiger partial charge in [-0.1, -0.05) is 35.4 Å². The van der Waals surface area contributed by atoms with E-state index >= 15 is 0 Å². The molecule has 0 fully saturated rings. The Hall–Kier alpha value is -2.74. The summed E-state index contributed by atoms with van der Waals surface area (Å²) in [6.45, 7) is 4.18. The zero-order chi connectivity index (χ0) is 16.0. The van der Waals surface area contributed by atoms with Gasteiger partial charge in [0.25, 0.3) is 0 Å². The van der Waals surface area contributed by atoms with E-state index in [0.717, 1.165) is 32.9 Å². The first-order valence-electron chi connectivity index (χ1n) is 7.68. The van der Waals surface area contributed by atoms with Crippen LogP contribution >= 0.6 is 0 Å². The Balaban J connectivity index is 1.96. The summed E-state index contributed by atoms with van der Waals surface area (Å²) >= 11 is 0. The van der Waals surface area contributed by atoms with Gasteiger partial charge in [-0.2, -0.15) is 0 Å². The molecule has 0 aliphatic rings. The number of benzene rings is 3. The summed E-state index contributed by atoms with van der Waals surface area (Å²) in [7, 11) is 0. The Kier molecular flexibility index (Phi) is 3.12. The number of pyridine rings is 1. The van der Waals surface area contributed by atoms with Crippen LogP contribution in [0.5, 0.6) is 0 Å². The van der Waals surface area contributed by atoms with Gasteiger partial charge in [0.1, 0.15) is 5.82 Å². The van der Waals surface area contributed by atoms with E-state index in [1.807, 2.05) is 30.3 Å². The second-order valence-electron chi connectivity index (χ2n) is 6.07. The molecule has 4 rings (SSSR count). The fraction of sp³-hybridized carbons (Fsp3) is 0.0952. The van der Waals surface area contributed by atoms with Gasteiger partial charge in [-0.05, 0) is 61.0 Å². The molecule has 2 heteroatoms. The molecule has 4 aromatic rings. The quantitative estimate of drug-likeness (QED) is 0.404. The molecule has 1 aromatic heterocycles. The molecule has 0 aliphatic carbocycles. The highest BCUT2D eigenvalue weighted by Crippen LogP contribution is 2.28. The summed E-state index contributed by atoms with van der Waals surface area (Å²) in [4.78, 5) is 4.79. The Morgan fingerprint density at radius 2 is 1.48 bits per heavy atom. The zero-order valence-corrected chi connectivity index (χ0v) is 13.1. The Morgan fingerprint density at radius 3 is 2.26 bits per heavy atom. The van der Waals surface area contributed by atoms with E-state index in [1.165, 1.54) is 17.2 Å². The summed E-state index contributed by atoms with van der Waals surface area (Å²) in [5.41, 5.74) is 5.40. The van der Waals surface area contributed by atoms with Crippen LogP contribution in [0.4, 0.5) is 4.39 Å². The minimum atomic E-state index is -0.219. The molecule has 0 unspecified atom stereocenters. The van der Waals surface area contributed by atoms with Crippen LogP contribution in [0.15, 0.2) is 60.7 Å². The van der Waals surface area contributed by atoms with Crippen molar-refractivity contribution < 1.29 is 4.39 Å². The molecular weight excluding hydrogens is 285 g/mol. The van der Waals surface area contributed by atoms with E-state index < -0.39 is 0 Å². The third-order valence-electron chi connectivity index (χ3n) is 4.17. The Bertz CT molecular complexity index is 1030. The molecule has 0 radical (unpaired) electrons. The van der Waals surface area contributed by atoms with E-state index in [1.54, 1.807) is 6.07 Å². The first-order chi connectivity index (χ1) is 11.1. The van der Waals surface area contributed by atoms with Crippen molar-refractivity contribution in [2.75, 3.05) is 0 Å². The van der Waals surface area contributed by atoms with Crippen molar-refractivity contribution in [2.24, 2.45) is 0 Å². The van der Waals surface area contributed by atoms with Crippen molar-refractivity contribution in [3.8, 4) is 11.3 Å². The van der Waals surface area contributed by atoms with Crippen LogP contribution in [0.1, 0.15) is 11.1 Å². The molecule has 0 aliphatic heterocycles. The normalized spacial score (nSPS) is 11.3. The van der Waals surface area contributed by atoms with Crippen molar-refractivity contribution in [1.82, 2.24) is 4.98 Å². The Labute approximate surface area is 134 Å². The lowest BCUT2D eigenvalue weighted by Crippen LogP contribution is -1.89. The average molecular weight is 301 g/mol. The largest absolute Gasteiger partial charge is 0.248 e. The number of halogens is 1. The molecule has 1 nitrogen and oxygen atoms in total. The second kappa shape index (κ2) is 5.17. The first-order valence-corrected chi connectivity index (χ1v) is 7.68. The van der Waals surface area contributed by atoms with Crippen LogP contribution in [0.3, 0.4) is 0 Å². The van der Waals surface area contributed by atoms with Gasteiger partial charge >= 0.3 is 0 Å². The fourth-order valence-corrected chi connectivity index (χ4v) is 3.19. The number of hydrogen-bond acceptors (Lipinski definition) is 1. The molecule has 0 atom stereocenters. The van der Waals surface area contributed by atoms with Crippen LogP contribution in [0, 0.1) is 19.7 Å². The van der Waals surface area contributed by atoms with Gasteiger partial charge in [-0.15, -0.1) is 0 Å². The minimum absolute atomic E-state index is 0.219. The standard InChI is InChI=1S/C21H16FN/c1-13-9-14(2)11-16(10-13)20-8-6-18-19-12-17(22)5-3-15(19)4-7-21(18)23-20/h3-12H,1-2H3. The lowest BCUT2D eigenvalue weighted by atomic mass is 10.0. The van der Waals surface area contributed by atoms with Crippen molar-refractivity contribution in [1.29, 1.82) is 0 Å². The van der Waals surface area contributed by atoms with E-state index in [-0.39, 0.29) is 5.82 Å². The van der Waals surface area contributed by atoms with E-state index in [9.17, 15) is 4.39 Å². The molecule has 0 spiro atoms. The number of rotatable bonds is 1. The number of nitrogens with zero attached hydrogens (tertiary/aromatic N) is 1. The maximum Gasteiger partial charge on any atom is 0.123 e. The van der Waals surface area contributed by atoms with Crippen molar-refractivity contribution in [2.45, 2.75) is 13.8 Å². The van der Waals surface area contributed by atoms with Gasteiger partial charge in [-0.25, -0.2) is 9.37 Å². The third-order valence-corrected chi connectivity index (χ3v) is 4.17. The summed E-state index contributed by atoms with van der Waals surface area (Å²) in [6.07, 6.45) is 0. The average Bonchev–Trinajstić information content (AvgIpc) is 2.53. The second-order valence-corrected chi connectivity index (χ2v) is 6.07. The smallest absolute Gasteiger partial charge is 0.123 e. The predicted molar refractivity (Wildman–Crippen MR) is 94.1 cm³/mol. The maximum absolute atomic E-state index is 13.6.